The van der Waals surface area contributed by atoms with Crippen molar-refractivity contribution >= 4 is 5.91 Å². The molecule has 6 nitrogen and oxygen atoms in total. The van der Waals surface area contributed by atoms with Gasteiger partial charge in [-0.15, -0.1) is 10.2 Å². The van der Waals surface area contributed by atoms with Crippen molar-refractivity contribution in [1.29, 1.82) is 0 Å². The molecule has 1 aromatic heterocycles. The van der Waals surface area contributed by atoms with Crippen LogP contribution in [0.1, 0.15) is 56.6 Å². The molecular weight excluding hydrogens is 294 g/mol. The third-order valence-corrected chi connectivity index (χ3v) is 4.30. The predicted octanol–water partition coefficient (Wildman–Crippen LogP) is 2.45. The highest BCUT2D eigenvalue weighted by Gasteiger charge is 2.38. The molecule has 0 aliphatic carbocycles. The van der Waals surface area contributed by atoms with Crippen LogP contribution in [0.4, 0.5) is 0 Å². The van der Waals surface area contributed by atoms with E-state index >= 15 is 0 Å². The first-order valence-corrected chi connectivity index (χ1v) is 8.33. The lowest BCUT2D eigenvalue weighted by molar-refractivity contribution is 0.0140. The zero-order valence-electron chi connectivity index (χ0n) is 14.3. The second kappa shape index (κ2) is 7.73. The first kappa shape index (κ1) is 17.7. The Labute approximate surface area is 137 Å². The number of piperidine rings is 1. The summed E-state index contributed by atoms with van der Waals surface area (Å²) >= 11 is 0. The summed E-state index contributed by atoms with van der Waals surface area (Å²) < 4.78 is 5.46. The number of hydrogen-bond acceptors (Lipinski definition) is 5. The number of aliphatic hydroxyl groups is 1. The maximum Gasteiger partial charge on any atom is 0.311 e. The molecule has 1 unspecified atom stereocenters. The van der Waals surface area contributed by atoms with Crippen molar-refractivity contribution in [3.63, 3.8) is 0 Å². The number of aliphatic hydroxyl groups excluding tert-OH is 1. The molecule has 1 atom stereocenters. The molecule has 0 radical (unpaired) electrons. The number of carbonyl (C=O) groups excluding carboxylic acids is 1. The Balaban J connectivity index is 2.08. The summed E-state index contributed by atoms with van der Waals surface area (Å²) in [4.78, 5) is 14.4. The molecule has 0 aromatic carbocycles. The van der Waals surface area contributed by atoms with Crippen LogP contribution in [0.15, 0.2) is 16.6 Å². The fourth-order valence-corrected chi connectivity index (χ4v) is 3.38. The van der Waals surface area contributed by atoms with Crippen LogP contribution in [0.25, 0.3) is 0 Å². The second-order valence-corrected chi connectivity index (χ2v) is 6.86. The van der Waals surface area contributed by atoms with Gasteiger partial charge < -0.3 is 14.4 Å². The Morgan fingerprint density at radius 3 is 2.91 bits per heavy atom. The molecule has 128 valence electrons. The van der Waals surface area contributed by atoms with E-state index in [1.54, 1.807) is 4.90 Å². The van der Waals surface area contributed by atoms with E-state index in [-0.39, 0.29) is 23.8 Å². The van der Waals surface area contributed by atoms with Crippen LogP contribution >= 0.6 is 0 Å². The van der Waals surface area contributed by atoms with Gasteiger partial charge >= 0.3 is 11.8 Å². The summed E-state index contributed by atoms with van der Waals surface area (Å²) in [5, 5.41) is 17.6. The van der Waals surface area contributed by atoms with E-state index in [1.807, 2.05) is 19.1 Å². The normalized spacial score (nSPS) is 22.2. The molecule has 1 aliphatic heterocycles. The van der Waals surface area contributed by atoms with Gasteiger partial charge in [0.25, 0.3) is 0 Å². The molecule has 0 spiro atoms. The van der Waals surface area contributed by atoms with Gasteiger partial charge in [-0.2, -0.15) is 0 Å². The van der Waals surface area contributed by atoms with E-state index in [1.165, 1.54) is 0 Å². The maximum absolute atomic E-state index is 12.6. The zero-order chi connectivity index (χ0) is 16.9. The topological polar surface area (TPSA) is 79.5 Å². The van der Waals surface area contributed by atoms with Gasteiger partial charge in [0.2, 0.25) is 5.89 Å². The first-order chi connectivity index (χ1) is 11.0. The molecule has 1 aliphatic rings. The summed E-state index contributed by atoms with van der Waals surface area (Å²) in [6.07, 6.45) is 7.08. The Kier molecular flexibility index (Phi) is 5.93. The molecule has 2 heterocycles. The number of nitrogens with zero attached hydrogens (tertiary/aromatic N) is 3. The average Bonchev–Trinajstić information content (AvgIpc) is 3.00. The molecular formula is C17H27N3O3. The minimum atomic E-state index is -0.231. The smallest absolute Gasteiger partial charge is 0.311 e. The first-order valence-electron chi connectivity index (χ1n) is 8.33. The molecule has 1 saturated heterocycles. The highest BCUT2D eigenvalue weighted by Crippen LogP contribution is 2.36. The standard InChI is InChI=1S/C17H27N3O3/c1-4-5-7-14-18-19-15(23-14)16(22)20-9-6-8-17(11-20,12-21)10-13(2)3/h4-5,13,21H,6-12H2,1-3H3. The third kappa shape index (κ3) is 4.41. The van der Waals surface area contributed by atoms with Crippen LogP contribution in [0, 0.1) is 11.3 Å². The predicted molar refractivity (Wildman–Crippen MR) is 86.9 cm³/mol. The van der Waals surface area contributed by atoms with Crippen molar-refractivity contribution < 1.29 is 14.3 Å². The highest BCUT2D eigenvalue weighted by molar-refractivity contribution is 5.89. The van der Waals surface area contributed by atoms with Gasteiger partial charge in [-0.1, -0.05) is 26.0 Å². The fourth-order valence-electron chi connectivity index (χ4n) is 3.38. The molecule has 6 heteroatoms. The summed E-state index contributed by atoms with van der Waals surface area (Å²) in [5.41, 5.74) is -0.212. The minimum absolute atomic E-state index is 0.0442. The van der Waals surface area contributed by atoms with Gasteiger partial charge in [-0.05, 0) is 32.1 Å². The Morgan fingerprint density at radius 2 is 2.26 bits per heavy atom. The van der Waals surface area contributed by atoms with Crippen LogP contribution in [-0.4, -0.2) is 45.8 Å². The van der Waals surface area contributed by atoms with Gasteiger partial charge in [0.15, 0.2) is 0 Å². The van der Waals surface area contributed by atoms with Crippen molar-refractivity contribution in [2.75, 3.05) is 19.7 Å². The lowest BCUT2D eigenvalue weighted by atomic mass is 9.74. The minimum Gasteiger partial charge on any atom is -0.417 e. The Morgan fingerprint density at radius 1 is 1.48 bits per heavy atom. The molecule has 23 heavy (non-hydrogen) atoms. The van der Waals surface area contributed by atoms with Gasteiger partial charge in [0, 0.05) is 24.9 Å². The fraction of sp³-hybridized carbons (Fsp3) is 0.706. The summed E-state index contributed by atoms with van der Waals surface area (Å²) in [6.45, 7) is 7.52. The molecule has 1 fully saturated rings. The number of allylic oxidation sites excluding steroid dienone is 2. The lowest BCUT2D eigenvalue weighted by Crippen LogP contribution is -2.48. The molecule has 1 N–H and O–H groups in total. The summed E-state index contributed by atoms with van der Waals surface area (Å²) in [5.74, 6) is 0.736. The number of likely N-dealkylation sites (tertiary alicyclic amines) is 1. The molecule has 0 bridgehead atoms. The van der Waals surface area contributed by atoms with E-state index in [0.29, 0.717) is 31.3 Å². The van der Waals surface area contributed by atoms with E-state index in [4.69, 9.17) is 4.42 Å². The number of amides is 1. The summed E-state index contributed by atoms with van der Waals surface area (Å²) in [6, 6.07) is 0. The SMILES string of the molecule is CC=CCc1nnc(C(=O)N2CCCC(CO)(CC(C)C)C2)o1. The third-order valence-electron chi connectivity index (χ3n) is 4.30. The largest absolute Gasteiger partial charge is 0.417 e. The van der Waals surface area contributed by atoms with Gasteiger partial charge in [0.05, 0.1) is 6.61 Å². The summed E-state index contributed by atoms with van der Waals surface area (Å²) in [7, 11) is 0. The number of aromatic nitrogens is 2. The quantitative estimate of drug-likeness (QED) is 0.814. The van der Waals surface area contributed by atoms with Crippen LogP contribution in [0.5, 0.6) is 0 Å². The zero-order valence-corrected chi connectivity index (χ0v) is 14.3. The number of rotatable bonds is 6. The van der Waals surface area contributed by atoms with E-state index < -0.39 is 0 Å². The van der Waals surface area contributed by atoms with E-state index in [2.05, 4.69) is 24.0 Å². The molecule has 1 aromatic rings. The number of hydrogen-bond donors (Lipinski definition) is 1. The molecule has 2 rings (SSSR count). The van der Waals surface area contributed by atoms with Gasteiger partial charge in [0.1, 0.15) is 0 Å². The lowest BCUT2D eigenvalue weighted by Gasteiger charge is -2.42. The van der Waals surface area contributed by atoms with Crippen molar-refractivity contribution in [2.45, 2.75) is 46.5 Å². The Hall–Kier alpha value is -1.69. The van der Waals surface area contributed by atoms with Crippen LogP contribution in [-0.2, 0) is 6.42 Å². The van der Waals surface area contributed by atoms with Crippen molar-refractivity contribution in [2.24, 2.45) is 11.3 Å². The van der Waals surface area contributed by atoms with Gasteiger partial charge in [-0.3, -0.25) is 4.79 Å². The van der Waals surface area contributed by atoms with Crippen molar-refractivity contribution in [3.8, 4) is 0 Å². The van der Waals surface area contributed by atoms with E-state index in [0.717, 1.165) is 19.3 Å². The average molecular weight is 321 g/mol. The Bertz CT molecular complexity index is 553. The van der Waals surface area contributed by atoms with Crippen LogP contribution in [0.2, 0.25) is 0 Å². The van der Waals surface area contributed by atoms with E-state index in [9.17, 15) is 9.90 Å². The molecule has 1 amide bonds. The monoisotopic (exact) mass is 321 g/mol. The highest BCUT2D eigenvalue weighted by atomic mass is 16.4. The van der Waals surface area contributed by atoms with Gasteiger partial charge in [-0.25, -0.2) is 0 Å². The number of carbonyl (C=O) groups is 1. The maximum atomic E-state index is 12.6. The van der Waals surface area contributed by atoms with Crippen molar-refractivity contribution in [3.05, 3.63) is 23.9 Å². The van der Waals surface area contributed by atoms with Crippen LogP contribution in [0.3, 0.4) is 0 Å². The van der Waals surface area contributed by atoms with Crippen LogP contribution < -0.4 is 0 Å². The second-order valence-electron chi connectivity index (χ2n) is 6.86. The van der Waals surface area contributed by atoms with Crippen molar-refractivity contribution in [1.82, 2.24) is 15.1 Å². The molecule has 0 saturated carbocycles.